The lowest BCUT2D eigenvalue weighted by Crippen LogP contribution is -2.58. The van der Waals surface area contributed by atoms with Crippen LogP contribution in [0.4, 0.5) is 10.5 Å². The highest BCUT2D eigenvalue weighted by molar-refractivity contribution is 7.84. The van der Waals surface area contributed by atoms with E-state index in [1.54, 1.807) is 0 Å². The second kappa shape index (κ2) is 6.72. The second-order valence-corrected chi connectivity index (χ2v) is 9.22. The van der Waals surface area contributed by atoms with Crippen molar-refractivity contribution in [2.24, 2.45) is 0 Å². The lowest BCUT2D eigenvalue weighted by molar-refractivity contribution is 0.144. The maximum atomic E-state index is 12.5. The van der Waals surface area contributed by atoms with Gasteiger partial charge in [0.1, 0.15) is 11.0 Å². The van der Waals surface area contributed by atoms with Crippen LogP contribution in [0.5, 0.6) is 0 Å². The molecular formula is C19H27N3O2S. The van der Waals surface area contributed by atoms with Crippen molar-refractivity contribution in [3.63, 3.8) is 0 Å². The van der Waals surface area contributed by atoms with E-state index in [1.165, 1.54) is 22.3 Å². The van der Waals surface area contributed by atoms with Crippen molar-refractivity contribution in [2.45, 2.75) is 63.7 Å². The van der Waals surface area contributed by atoms with Crippen LogP contribution in [0.3, 0.4) is 0 Å². The Morgan fingerprint density at radius 1 is 1.12 bits per heavy atom. The summed E-state index contributed by atoms with van der Waals surface area (Å²) in [6.45, 7) is 5.85. The summed E-state index contributed by atoms with van der Waals surface area (Å²) >= 11 is 0. The fraction of sp³-hybridized carbons (Fsp3) is 0.632. The fourth-order valence-electron chi connectivity index (χ4n) is 4.31. The summed E-state index contributed by atoms with van der Waals surface area (Å²) in [4.78, 5) is 14.7. The van der Waals surface area contributed by atoms with Crippen LogP contribution < -0.4 is 10.0 Å². The predicted octanol–water partition coefficient (Wildman–Crippen LogP) is 2.54. The summed E-state index contributed by atoms with van der Waals surface area (Å²) in [6, 6.07) is 2.49. The fourth-order valence-corrected chi connectivity index (χ4v) is 5.36. The minimum Gasteiger partial charge on any atom is -0.307 e. The van der Waals surface area contributed by atoms with Crippen molar-refractivity contribution in [3.8, 4) is 0 Å². The van der Waals surface area contributed by atoms with E-state index in [-0.39, 0.29) is 11.3 Å². The Morgan fingerprint density at radius 3 is 2.28 bits per heavy atom. The molecule has 1 unspecified atom stereocenters. The third-order valence-electron chi connectivity index (χ3n) is 5.81. The molecule has 136 valence electrons. The molecular weight excluding hydrogens is 334 g/mol. The largest absolute Gasteiger partial charge is 0.331 e. The van der Waals surface area contributed by atoms with Gasteiger partial charge in [-0.25, -0.2) is 9.00 Å². The van der Waals surface area contributed by atoms with Crippen LogP contribution in [0.15, 0.2) is 6.07 Å². The smallest absolute Gasteiger partial charge is 0.307 e. The number of nitrogens with one attached hydrogen (secondary N) is 2. The van der Waals surface area contributed by atoms with Gasteiger partial charge in [-0.15, -0.1) is 0 Å². The van der Waals surface area contributed by atoms with Gasteiger partial charge in [0.25, 0.3) is 0 Å². The van der Waals surface area contributed by atoms with Gasteiger partial charge < -0.3 is 5.32 Å². The summed E-state index contributed by atoms with van der Waals surface area (Å²) in [7, 11) is -1.32. The first-order valence-electron chi connectivity index (χ1n) is 9.41. The number of hydrogen-bond acceptors (Lipinski definition) is 3. The van der Waals surface area contributed by atoms with Crippen LogP contribution >= 0.6 is 0 Å². The summed E-state index contributed by atoms with van der Waals surface area (Å²) in [5, 5.41) is 3.10. The summed E-state index contributed by atoms with van der Waals surface area (Å²) in [5.41, 5.74) is 6.40. The minimum atomic E-state index is -1.32. The van der Waals surface area contributed by atoms with Crippen molar-refractivity contribution in [1.82, 2.24) is 9.62 Å². The number of anilines is 1. The molecule has 6 heteroatoms. The second-order valence-electron chi connectivity index (χ2n) is 7.76. The Kier molecular flexibility index (Phi) is 4.58. The van der Waals surface area contributed by atoms with Crippen LogP contribution in [0.1, 0.15) is 48.9 Å². The molecule has 2 amide bonds. The molecule has 2 N–H and O–H groups in total. The summed E-state index contributed by atoms with van der Waals surface area (Å²) < 4.78 is 15.0. The van der Waals surface area contributed by atoms with Gasteiger partial charge in [0.2, 0.25) is 0 Å². The SMILES string of the molecule is CC(C)N1CC(S(=O)NC(=O)Nc2c3c(cc4c2CCC4)CCC3)C1. The number of nitrogens with zero attached hydrogens (tertiary/aromatic N) is 1. The molecule has 4 rings (SSSR count). The third-order valence-corrected chi connectivity index (χ3v) is 7.10. The Bertz CT molecular complexity index is 694. The number of benzene rings is 1. The lowest BCUT2D eigenvalue weighted by Gasteiger charge is -2.40. The number of aryl methyl sites for hydroxylation is 2. The van der Waals surface area contributed by atoms with Gasteiger partial charge >= 0.3 is 6.03 Å². The Hall–Kier alpha value is -1.40. The number of rotatable bonds is 4. The first kappa shape index (κ1) is 17.0. The molecule has 0 saturated carbocycles. The molecule has 0 aromatic heterocycles. The van der Waals surface area contributed by atoms with E-state index < -0.39 is 11.0 Å². The van der Waals surface area contributed by atoms with Gasteiger partial charge in [-0.05, 0) is 74.6 Å². The molecule has 25 heavy (non-hydrogen) atoms. The topological polar surface area (TPSA) is 61.4 Å². The molecule has 0 radical (unpaired) electrons. The van der Waals surface area contributed by atoms with E-state index in [1.807, 2.05) is 0 Å². The minimum absolute atomic E-state index is 0.0420. The van der Waals surface area contributed by atoms with Crippen LogP contribution in [0.25, 0.3) is 0 Å². The summed E-state index contributed by atoms with van der Waals surface area (Å²) in [6.07, 6.45) is 6.61. The van der Waals surface area contributed by atoms with E-state index in [4.69, 9.17) is 0 Å². The Balaban J connectivity index is 1.43. The monoisotopic (exact) mass is 361 g/mol. The average Bonchev–Trinajstić information content (AvgIpc) is 3.13. The van der Waals surface area contributed by atoms with Crippen molar-refractivity contribution in [3.05, 3.63) is 28.3 Å². The van der Waals surface area contributed by atoms with E-state index in [0.29, 0.717) is 6.04 Å². The van der Waals surface area contributed by atoms with Gasteiger partial charge in [0, 0.05) is 24.8 Å². The number of carbonyl (C=O) groups excluding carboxylic acids is 1. The number of carbonyl (C=O) groups is 1. The van der Waals surface area contributed by atoms with E-state index in [9.17, 15) is 9.00 Å². The highest BCUT2D eigenvalue weighted by atomic mass is 32.2. The summed E-state index contributed by atoms with van der Waals surface area (Å²) in [5.74, 6) is 0. The first-order chi connectivity index (χ1) is 12.0. The highest BCUT2D eigenvalue weighted by Crippen LogP contribution is 2.38. The zero-order valence-electron chi connectivity index (χ0n) is 15.1. The van der Waals surface area contributed by atoms with E-state index in [0.717, 1.165) is 57.3 Å². The predicted molar refractivity (Wildman–Crippen MR) is 101 cm³/mol. The number of urea groups is 1. The number of likely N-dealkylation sites (tertiary alicyclic amines) is 1. The van der Waals surface area contributed by atoms with Crippen LogP contribution in [-0.2, 0) is 36.7 Å². The normalized spacial score (nSPS) is 20.9. The highest BCUT2D eigenvalue weighted by Gasteiger charge is 2.34. The Morgan fingerprint density at radius 2 is 1.72 bits per heavy atom. The molecule has 5 nitrogen and oxygen atoms in total. The van der Waals surface area contributed by atoms with Gasteiger partial charge in [-0.3, -0.25) is 9.62 Å². The average molecular weight is 362 g/mol. The molecule has 1 saturated heterocycles. The van der Waals surface area contributed by atoms with Crippen molar-refractivity contribution in [2.75, 3.05) is 18.4 Å². The van der Waals surface area contributed by atoms with Gasteiger partial charge in [0.15, 0.2) is 0 Å². The van der Waals surface area contributed by atoms with Crippen LogP contribution in [0, 0.1) is 0 Å². The van der Waals surface area contributed by atoms with Crippen molar-refractivity contribution >= 4 is 22.7 Å². The molecule has 1 aromatic carbocycles. The Labute approximate surface area is 152 Å². The standard InChI is InChI=1S/C19H27N3O2S/c1-12(2)22-10-15(11-22)25(24)21-19(23)20-18-16-7-3-5-13(16)9-14-6-4-8-17(14)18/h9,12,15H,3-8,10-11H2,1-2H3,(H2,20,21,23). The van der Waals surface area contributed by atoms with Crippen LogP contribution in [0.2, 0.25) is 0 Å². The number of fused-ring (bicyclic) bond motifs is 2. The lowest BCUT2D eigenvalue weighted by atomic mass is 9.99. The molecule has 1 aliphatic heterocycles. The number of hydrogen-bond donors (Lipinski definition) is 2. The first-order valence-corrected chi connectivity index (χ1v) is 10.6. The quantitative estimate of drug-likeness (QED) is 0.866. The molecule has 1 fully saturated rings. The maximum Gasteiger partial charge on any atom is 0.331 e. The molecule has 0 spiro atoms. The van der Waals surface area contributed by atoms with Crippen LogP contribution in [-0.4, -0.2) is 39.5 Å². The zero-order chi connectivity index (χ0) is 17.6. The van der Waals surface area contributed by atoms with Crippen molar-refractivity contribution in [1.29, 1.82) is 0 Å². The van der Waals surface area contributed by atoms with Gasteiger partial charge in [0.05, 0.1) is 5.25 Å². The number of amides is 2. The van der Waals surface area contributed by atoms with E-state index >= 15 is 0 Å². The molecule has 1 atom stereocenters. The molecule has 1 aromatic rings. The third kappa shape index (κ3) is 3.22. The maximum absolute atomic E-state index is 12.5. The molecule has 0 bridgehead atoms. The van der Waals surface area contributed by atoms with Gasteiger partial charge in [-0.2, -0.15) is 0 Å². The van der Waals surface area contributed by atoms with E-state index in [2.05, 4.69) is 34.9 Å². The zero-order valence-corrected chi connectivity index (χ0v) is 15.9. The van der Waals surface area contributed by atoms with Crippen molar-refractivity contribution < 1.29 is 9.00 Å². The molecule has 2 aliphatic carbocycles. The van der Waals surface area contributed by atoms with Gasteiger partial charge in [-0.1, -0.05) is 6.07 Å². The molecule has 3 aliphatic rings. The molecule has 1 heterocycles.